The van der Waals surface area contributed by atoms with E-state index in [2.05, 4.69) is 20.8 Å². The Labute approximate surface area is 112 Å². The van der Waals surface area contributed by atoms with E-state index in [1.165, 1.54) is 19.3 Å². The molecule has 0 aliphatic heterocycles. The normalized spacial score (nSPS) is 37.8. The lowest BCUT2D eigenvalue weighted by Crippen LogP contribution is -2.30. The van der Waals surface area contributed by atoms with E-state index in [1.54, 1.807) is 19.2 Å². The molecule has 3 aliphatic carbocycles. The summed E-state index contributed by atoms with van der Waals surface area (Å²) in [7, 11) is 1.78. The Hall–Kier alpha value is -1.65. The van der Waals surface area contributed by atoms with Gasteiger partial charge in [0.05, 0.1) is 0 Å². The van der Waals surface area contributed by atoms with Gasteiger partial charge in [-0.15, -0.1) is 10.2 Å². The first-order chi connectivity index (χ1) is 9.28. The summed E-state index contributed by atoms with van der Waals surface area (Å²) in [5.74, 6) is 3.86. The van der Waals surface area contributed by atoms with Crippen molar-refractivity contribution in [3.05, 3.63) is 17.8 Å². The minimum Gasteiger partial charge on any atom is -0.372 e. The topological polar surface area (TPSA) is 66.9 Å². The molecule has 1 amide bonds. The number of carbonyl (C=O) groups is 1. The van der Waals surface area contributed by atoms with Gasteiger partial charge in [0.25, 0.3) is 5.91 Å². The molecule has 1 aromatic heterocycles. The molecule has 2 N–H and O–H groups in total. The van der Waals surface area contributed by atoms with Crippen LogP contribution in [0.4, 0.5) is 5.82 Å². The third kappa shape index (κ3) is 1.64. The lowest BCUT2D eigenvalue weighted by atomic mass is 10.0. The van der Waals surface area contributed by atoms with Crippen LogP contribution in [0.15, 0.2) is 12.1 Å². The number of anilines is 1. The largest absolute Gasteiger partial charge is 0.372 e. The minimum absolute atomic E-state index is 0.0750. The average molecular weight is 258 g/mol. The Balaban J connectivity index is 1.42. The van der Waals surface area contributed by atoms with E-state index in [1.807, 2.05) is 0 Å². The van der Waals surface area contributed by atoms with Crippen LogP contribution in [0.1, 0.15) is 29.8 Å². The van der Waals surface area contributed by atoms with Crippen LogP contribution in [0.5, 0.6) is 0 Å². The van der Waals surface area contributed by atoms with Crippen molar-refractivity contribution in [2.45, 2.75) is 25.3 Å². The van der Waals surface area contributed by atoms with Gasteiger partial charge in [0.1, 0.15) is 5.82 Å². The lowest BCUT2D eigenvalue weighted by Gasteiger charge is -2.10. The minimum atomic E-state index is -0.0750. The fourth-order valence-corrected chi connectivity index (χ4v) is 4.33. The third-order valence-electron chi connectivity index (χ3n) is 5.19. The molecule has 100 valence electrons. The second-order valence-electron chi connectivity index (χ2n) is 6.04. The first-order valence-electron chi connectivity index (χ1n) is 7.10. The number of aromatic nitrogens is 2. The maximum Gasteiger partial charge on any atom is 0.272 e. The van der Waals surface area contributed by atoms with E-state index in [-0.39, 0.29) is 5.91 Å². The predicted molar refractivity (Wildman–Crippen MR) is 70.6 cm³/mol. The molecule has 0 spiro atoms. The number of nitrogens with zero attached hydrogens (tertiary/aromatic N) is 2. The quantitative estimate of drug-likeness (QED) is 0.857. The summed E-state index contributed by atoms with van der Waals surface area (Å²) >= 11 is 0. The van der Waals surface area contributed by atoms with E-state index in [9.17, 15) is 4.79 Å². The molecule has 0 aromatic carbocycles. The van der Waals surface area contributed by atoms with Crippen molar-refractivity contribution in [3.8, 4) is 0 Å². The number of hydrogen-bond acceptors (Lipinski definition) is 4. The molecule has 0 saturated heterocycles. The van der Waals surface area contributed by atoms with Crippen LogP contribution in [-0.2, 0) is 0 Å². The maximum absolute atomic E-state index is 12.1. The number of carbonyl (C=O) groups excluding carboxylic acids is 1. The van der Waals surface area contributed by atoms with Gasteiger partial charge in [-0.05, 0) is 55.1 Å². The monoisotopic (exact) mass is 258 g/mol. The van der Waals surface area contributed by atoms with Crippen molar-refractivity contribution in [1.29, 1.82) is 0 Å². The molecule has 3 fully saturated rings. The van der Waals surface area contributed by atoms with Crippen LogP contribution in [0.2, 0.25) is 0 Å². The predicted octanol–water partition coefficient (Wildman–Crippen LogP) is 1.29. The van der Waals surface area contributed by atoms with Gasteiger partial charge in [-0.1, -0.05) is 0 Å². The summed E-state index contributed by atoms with van der Waals surface area (Å²) in [6, 6.07) is 3.91. The molecular formula is C14H18N4O. The number of fused-ring (bicyclic) bond motifs is 5. The zero-order valence-corrected chi connectivity index (χ0v) is 11.0. The first kappa shape index (κ1) is 11.2. The summed E-state index contributed by atoms with van der Waals surface area (Å²) in [6.45, 7) is 0. The highest BCUT2D eigenvalue weighted by atomic mass is 16.2. The smallest absolute Gasteiger partial charge is 0.272 e. The highest BCUT2D eigenvalue weighted by molar-refractivity contribution is 5.92. The van der Waals surface area contributed by atoms with Crippen LogP contribution < -0.4 is 10.6 Å². The zero-order valence-electron chi connectivity index (χ0n) is 11.0. The Kier molecular flexibility index (Phi) is 2.31. The Morgan fingerprint density at radius 3 is 2.53 bits per heavy atom. The zero-order chi connectivity index (χ0) is 13.0. The Morgan fingerprint density at radius 1 is 1.21 bits per heavy atom. The van der Waals surface area contributed by atoms with E-state index in [0.29, 0.717) is 17.6 Å². The average Bonchev–Trinajstić information content (AvgIpc) is 2.85. The van der Waals surface area contributed by atoms with Crippen LogP contribution in [0, 0.1) is 23.7 Å². The van der Waals surface area contributed by atoms with Crippen LogP contribution in [0.25, 0.3) is 0 Å². The number of rotatable bonds is 3. The number of nitrogens with one attached hydrogen (secondary N) is 2. The summed E-state index contributed by atoms with van der Waals surface area (Å²) in [4.78, 5) is 12.1. The third-order valence-corrected chi connectivity index (χ3v) is 5.19. The fourth-order valence-electron chi connectivity index (χ4n) is 4.33. The highest BCUT2D eigenvalue weighted by Gasteiger charge is 2.65. The second kappa shape index (κ2) is 3.92. The van der Waals surface area contributed by atoms with Gasteiger partial charge in [-0.25, -0.2) is 0 Å². The van der Waals surface area contributed by atoms with Crippen molar-refractivity contribution >= 4 is 11.7 Å². The van der Waals surface area contributed by atoms with Crippen molar-refractivity contribution in [2.75, 3.05) is 12.4 Å². The molecule has 5 nitrogen and oxygen atoms in total. The van der Waals surface area contributed by atoms with E-state index < -0.39 is 0 Å². The van der Waals surface area contributed by atoms with Gasteiger partial charge in [0.2, 0.25) is 0 Å². The first-order valence-corrected chi connectivity index (χ1v) is 7.10. The van der Waals surface area contributed by atoms with Crippen molar-refractivity contribution < 1.29 is 4.79 Å². The SMILES string of the molecule is CNc1ccc(C(=O)NC2C3C4CCC(C4)C23)nn1. The number of amides is 1. The maximum atomic E-state index is 12.1. The van der Waals surface area contributed by atoms with Gasteiger partial charge in [0, 0.05) is 13.1 Å². The molecule has 3 saturated carbocycles. The van der Waals surface area contributed by atoms with Crippen LogP contribution in [0.3, 0.4) is 0 Å². The van der Waals surface area contributed by atoms with Crippen LogP contribution >= 0.6 is 0 Å². The lowest BCUT2D eigenvalue weighted by molar-refractivity contribution is 0.0938. The highest BCUT2D eigenvalue weighted by Crippen LogP contribution is 2.65. The molecule has 3 aliphatic rings. The van der Waals surface area contributed by atoms with Gasteiger partial charge < -0.3 is 10.6 Å². The second-order valence-corrected chi connectivity index (χ2v) is 6.04. The summed E-state index contributed by atoms with van der Waals surface area (Å²) in [5, 5.41) is 13.9. The molecule has 19 heavy (non-hydrogen) atoms. The van der Waals surface area contributed by atoms with Crippen molar-refractivity contribution in [3.63, 3.8) is 0 Å². The van der Waals surface area contributed by atoms with Crippen molar-refractivity contribution in [1.82, 2.24) is 15.5 Å². The molecule has 4 atom stereocenters. The molecule has 1 heterocycles. The molecule has 1 aromatic rings. The summed E-state index contributed by atoms with van der Waals surface area (Å²) < 4.78 is 0. The van der Waals surface area contributed by atoms with Gasteiger partial charge >= 0.3 is 0 Å². The van der Waals surface area contributed by atoms with E-state index in [0.717, 1.165) is 23.7 Å². The fraction of sp³-hybridized carbons (Fsp3) is 0.643. The molecule has 0 radical (unpaired) electrons. The standard InChI is InChI=1S/C14H18N4O/c1-15-10-5-4-9(17-18-10)14(19)16-13-11-7-2-3-8(6-7)12(11)13/h4-5,7-8,11-13H,2-3,6H2,1H3,(H,15,18)(H,16,19). The molecule has 4 rings (SSSR count). The summed E-state index contributed by atoms with van der Waals surface area (Å²) in [6.07, 6.45) is 4.14. The molecule has 2 bridgehead atoms. The summed E-state index contributed by atoms with van der Waals surface area (Å²) in [5.41, 5.74) is 0.413. The van der Waals surface area contributed by atoms with Gasteiger partial charge in [-0.2, -0.15) is 0 Å². The van der Waals surface area contributed by atoms with Crippen LogP contribution in [-0.4, -0.2) is 29.2 Å². The Bertz CT molecular complexity index is 499. The molecule has 5 heteroatoms. The van der Waals surface area contributed by atoms with E-state index in [4.69, 9.17) is 0 Å². The van der Waals surface area contributed by atoms with E-state index >= 15 is 0 Å². The molecule has 4 unspecified atom stereocenters. The Morgan fingerprint density at radius 2 is 1.95 bits per heavy atom. The van der Waals surface area contributed by atoms with Gasteiger partial charge in [-0.3, -0.25) is 4.79 Å². The molecular weight excluding hydrogens is 240 g/mol. The van der Waals surface area contributed by atoms with Crippen molar-refractivity contribution in [2.24, 2.45) is 23.7 Å². The van der Waals surface area contributed by atoms with Gasteiger partial charge in [0.15, 0.2) is 5.69 Å². The number of hydrogen-bond donors (Lipinski definition) is 2.